The monoisotopic (exact) mass is 352 g/mol. The minimum atomic E-state index is -0.105. The van der Waals surface area contributed by atoms with E-state index in [1.807, 2.05) is 32.0 Å². The molecule has 1 aromatic carbocycles. The van der Waals surface area contributed by atoms with E-state index in [4.69, 9.17) is 0 Å². The lowest BCUT2D eigenvalue weighted by atomic mass is 10.0. The minimum Gasteiger partial charge on any atom is -0.293 e. The van der Waals surface area contributed by atoms with E-state index in [1.165, 1.54) is 0 Å². The number of carbonyl (C=O) groups excluding carboxylic acids is 1. The van der Waals surface area contributed by atoms with Gasteiger partial charge in [-0.3, -0.25) is 4.79 Å². The standard InChI is InChI=1S/C10H10BrIO/c1-6-5-8(12)3-4-9(6)10(13)7(2)11/h3-5,7H,1-2H3. The van der Waals surface area contributed by atoms with E-state index in [9.17, 15) is 4.79 Å². The number of rotatable bonds is 2. The van der Waals surface area contributed by atoms with Gasteiger partial charge in [-0.2, -0.15) is 0 Å². The van der Waals surface area contributed by atoms with Gasteiger partial charge in [-0.15, -0.1) is 0 Å². The van der Waals surface area contributed by atoms with Crippen LogP contribution >= 0.6 is 38.5 Å². The van der Waals surface area contributed by atoms with Gasteiger partial charge in [0.1, 0.15) is 0 Å². The topological polar surface area (TPSA) is 17.1 Å². The molecule has 0 N–H and O–H groups in total. The first-order chi connectivity index (χ1) is 6.02. The Morgan fingerprint density at radius 3 is 2.62 bits per heavy atom. The summed E-state index contributed by atoms with van der Waals surface area (Å²) in [4.78, 5) is 11.5. The Kier molecular flexibility index (Phi) is 3.91. The highest BCUT2D eigenvalue weighted by Gasteiger charge is 2.13. The molecule has 1 unspecified atom stereocenters. The Morgan fingerprint density at radius 2 is 2.15 bits per heavy atom. The summed E-state index contributed by atoms with van der Waals surface area (Å²) in [6.45, 7) is 3.81. The molecule has 0 amide bonds. The van der Waals surface area contributed by atoms with Gasteiger partial charge in [0, 0.05) is 9.13 Å². The average Bonchev–Trinajstić information content (AvgIpc) is 2.03. The molecule has 1 atom stereocenters. The van der Waals surface area contributed by atoms with Crippen LogP contribution in [-0.2, 0) is 0 Å². The first kappa shape index (κ1) is 11.2. The van der Waals surface area contributed by atoms with Crippen LogP contribution in [0.25, 0.3) is 0 Å². The molecule has 0 heterocycles. The fraction of sp³-hybridized carbons (Fsp3) is 0.300. The number of hydrogen-bond donors (Lipinski definition) is 0. The smallest absolute Gasteiger partial charge is 0.176 e. The second kappa shape index (κ2) is 4.55. The molecule has 13 heavy (non-hydrogen) atoms. The first-order valence-corrected chi connectivity index (χ1v) is 5.96. The molecule has 3 heteroatoms. The molecule has 0 fully saturated rings. The van der Waals surface area contributed by atoms with E-state index in [1.54, 1.807) is 0 Å². The van der Waals surface area contributed by atoms with Gasteiger partial charge in [0.25, 0.3) is 0 Å². The van der Waals surface area contributed by atoms with E-state index in [-0.39, 0.29) is 10.6 Å². The molecule has 0 saturated heterocycles. The largest absolute Gasteiger partial charge is 0.293 e. The molecule has 0 aliphatic heterocycles. The zero-order chi connectivity index (χ0) is 10.0. The highest BCUT2D eigenvalue weighted by atomic mass is 127. The number of benzene rings is 1. The summed E-state index contributed by atoms with van der Waals surface area (Å²) < 4.78 is 1.16. The maximum atomic E-state index is 11.6. The van der Waals surface area contributed by atoms with Crippen molar-refractivity contribution >= 4 is 44.3 Å². The second-order valence-electron chi connectivity index (χ2n) is 2.94. The predicted molar refractivity (Wildman–Crippen MR) is 66.6 cm³/mol. The fourth-order valence-corrected chi connectivity index (χ4v) is 2.01. The van der Waals surface area contributed by atoms with Crippen LogP contribution in [-0.4, -0.2) is 10.6 Å². The Hall–Kier alpha value is 0.1000. The summed E-state index contributed by atoms with van der Waals surface area (Å²) in [5, 5.41) is 0. The van der Waals surface area contributed by atoms with Crippen LogP contribution in [0.3, 0.4) is 0 Å². The first-order valence-electron chi connectivity index (χ1n) is 3.97. The molecule has 1 aromatic rings. The van der Waals surface area contributed by atoms with Crippen molar-refractivity contribution in [2.75, 3.05) is 0 Å². The van der Waals surface area contributed by atoms with Gasteiger partial charge in [-0.1, -0.05) is 22.0 Å². The summed E-state index contributed by atoms with van der Waals surface area (Å²) in [5.41, 5.74) is 1.85. The molecule has 0 aromatic heterocycles. The van der Waals surface area contributed by atoms with Crippen LogP contribution in [0.15, 0.2) is 18.2 Å². The molecule has 0 aliphatic carbocycles. The maximum absolute atomic E-state index is 11.6. The summed E-state index contributed by atoms with van der Waals surface area (Å²) in [7, 11) is 0. The van der Waals surface area contributed by atoms with E-state index >= 15 is 0 Å². The molecular weight excluding hydrogens is 343 g/mol. The van der Waals surface area contributed by atoms with Crippen molar-refractivity contribution in [2.45, 2.75) is 18.7 Å². The number of carbonyl (C=O) groups is 1. The molecule has 70 valence electrons. The van der Waals surface area contributed by atoms with Gasteiger partial charge in [0.15, 0.2) is 5.78 Å². The van der Waals surface area contributed by atoms with Crippen molar-refractivity contribution in [1.29, 1.82) is 0 Å². The van der Waals surface area contributed by atoms with Crippen LogP contribution in [0.2, 0.25) is 0 Å². The van der Waals surface area contributed by atoms with Crippen molar-refractivity contribution in [3.63, 3.8) is 0 Å². The second-order valence-corrected chi connectivity index (χ2v) is 5.56. The fourth-order valence-electron chi connectivity index (χ4n) is 1.12. The minimum absolute atomic E-state index is 0.105. The van der Waals surface area contributed by atoms with Crippen LogP contribution < -0.4 is 0 Å². The third-order valence-electron chi connectivity index (χ3n) is 1.82. The Balaban J connectivity index is 3.09. The number of halogens is 2. The Bertz CT molecular complexity index is 334. The normalized spacial score (nSPS) is 12.6. The van der Waals surface area contributed by atoms with Gasteiger partial charge in [-0.25, -0.2) is 0 Å². The quantitative estimate of drug-likeness (QED) is 0.452. The number of aryl methyl sites for hydroxylation is 1. The number of Topliss-reactive ketones (excluding diaryl/α,β-unsaturated/α-hetero) is 1. The van der Waals surface area contributed by atoms with Crippen molar-refractivity contribution in [3.8, 4) is 0 Å². The zero-order valence-electron chi connectivity index (χ0n) is 7.47. The molecular formula is C10H10BrIO. The molecule has 0 aliphatic rings. The van der Waals surface area contributed by atoms with Gasteiger partial charge < -0.3 is 0 Å². The molecule has 0 saturated carbocycles. The number of ketones is 1. The Labute approximate surface area is 100 Å². The number of hydrogen-bond acceptors (Lipinski definition) is 1. The molecule has 1 nitrogen and oxygen atoms in total. The SMILES string of the molecule is Cc1cc(I)ccc1C(=O)C(C)Br. The van der Waals surface area contributed by atoms with Crippen molar-refractivity contribution in [3.05, 3.63) is 32.9 Å². The zero-order valence-corrected chi connectivity index (χ0v) is 11.2. The summed E-state index contributed by atoms with van der Waals surface area (Å²) >= 11 is 5.52. The predicted octanol–water partition coefficient (Wildman–Crippen LogP) is 3.57. The van der Waals surface area contributed by atoms with E-state index < -0.39 is 0 Å². The van der Waals surface area contributed by atoms with Crippen LogP contribution in [0, 0.1) is 10.5 Å². The van der Waals surface area contributed by atoms with E-state index in [0.717, 1.165) is 14.7 Å². The third-order valence-corrected chi connectivity index (χ3v) is 2.90. The van der Waals surface area contributed by atoms with Gasteiger partial charge in [-0.05, 0) is 54.1 Å². The van der Waals surface area contributed by atoms with Gasteiger partial charge >= 0.3 is 0 Å². The molecule has 0 spiro atoms. The third kappa shape index (κ3) is 2.77. The highest BCUT2D eigenvalue weighted by Crippen LogP contribution is 2.16. The summed E-state index contributed by atoms with van der Waals surface area (Å²) in [5.74, 6) is 0.147. The summed E-state index contributed by atoms with van der Waals surface area (Å²) in [6.07, 6.45) is 0. The highest BCUT2D eigenvalue weighted by molar-refractivity contribution is 14.1. The van der Waals surface area contributed by atoms with Crippen LogP contribution in [0.1, 0.15) is 22.8 Å². The Morgan fingerprint density at radius 1 is 1.54 bits per heavy atom. The lowest BCUT2D eigenvalue weighted by Gasteiger charge is -2.06. The molecule has 0 bridgehead atoms. The maximum Gasteiger partial charge on any atom is 0.176 e. The van der Waals surface area contributed by atoms with Crippen molar-refractivity contribution < 1.29 is 4.79 Å². The van der Waals surface area contributed by atoms with Crippen LogP contribution in [0.4, 0.5) is 0 Å². The summed E-state index contributed by atoms with van der Waals surface area (Å²) in [6, 6.07) is 5.86. The van der Waals surface area contributed by atoms with Crippen molar-refractivity contribution in [2.24, 2.45) is 0 Å². The number of alkyl halides is 1. The van der Waals surface area contributed by atoms with E-state index in [0.29, 0.717) is 0 Å². The van der Waals surface area contributed by atoms with E-state index in [2.05, 4.69) is 38.5 Å². The van der Waals surface area contributed by atoms with Gasteiger partial charge in [0.2, 0.25) is 0 Å². The van der Waals surface area contributed by atoms with Crippen LogP contribution in [0.5, 0.6) is 0 Å². The lowest BCUT2D eigenvalue weighted by molar-refractivity contribution is 0.0995. The average molecular weight is 353 g/mol. The van der Waals surface area contributed by atoms with Crippen molar-refractivity contribution in [1.82, 2.24) is 0 Å². The molecule has 1 rings (SSSR count). The molecule has 0 radical (unpaired) electrons. The lowest BCUT2D eigenvalue weighted by Crippen LogP contribution is -2.11. The van der Waals surface area contributed by atoms with Gasteiger partial charge in [0.05, 0.1) is 4.83 Å².